The first-order valence-corrected chi connectivity index (χ1v) is 7.19. The molecular formula is C14H17N5O4. The third-order valence-electron chi connectivity index (χ3n) is 4.68. The summed E-state index contributed by atoms with van der Waals surface area (Å²) in [6.45, 7) is 2.68. The van der Waals surface area contributed by atoms with Crippen molar-refractivity contribution in [3.05, 3.63) is 18.1 Å². The Hall–Kier alpha value is -2.71. The van der Waals surface area contributed by atoms with Gasteiger partial charge in [-0.3, -0.25) is 19.4 Å². The summed E-state index contributed by atoms with van der Waals surface area (Å²) in [5, 5.41) is 9.71. The SMILES string of the molecule is CC(=O)N1C[C@H]2CN(c3cncc(C(N)=O)n3)C[C@@]2(C(=O)O)C1. The highest BCUT2D eigenvalue weighted by Gasteiger charge is 2.58. The number of nitrogens with zero attached hydrogens (tertiary/aromatic N) is 4. The van der Waals surface area contributed by atoms with Gasteiger partial charge in [-0.15, -0.1) is 0 Å². The number of likely N-dealkylation sites (tertiary alicyclic amines) is 1. The lowest BCUT2D eigenvalue weighted by molar-refractivity contribution is -0.148. The highest BCUT2D eigenvalue weighted by molar-refractivity contribution is 5.90. The molecule has 1 aromatic rings. The molecule has 2 aliphatic rings. The summed E-state index contributed by atoms with van der Waals surface area (Å²) in [5.41, 5.74) is 4.22. The van der Waals surface area contributed by atoms with E-state index in [4.69, 9.17) is 5.73 Å². The van der Waals surface area contributed by atoms with E-state index in [2.05, 4.69) is 9.97 Å². The van der Waals surface area contributed by atoms with Crippen LogP contribution in [0.15, 0.2) is 12.4 Å². The van der Waals surface area contributed by atoms with Gasteiger partial charge in [0.25, 0.3) is 5.91 Å². The fraction of sp³-hybridized carbons (Fsp3) is 0.500. The molecule has 2 saturated heterocycles. The molecule has 2 fully saturated rings. The Labute approximate surface area is 132 Å². The van der Waals surface area contributed by atoms with Crippen LogP contribution in [0, 0.1) is 11.3 Å². The van der Waals surface area contributed by atoms with Gasteiger partial charge in [0, 0.05) is 39.0 Å². The van der Waals surface area contributed by atoms with Gasteiger partial charge in [0.2, 0.25) is 5.91 Å². The number of aliphatic carboxylic acids is 1. The smallest absolute Gasteiger partial charge is 0.313 e. The summed E-state index contributed by atoms with van der Waals surface area (Å²) < 4.78 is 0. The number of anilines is 1. The molecule has 2 amide bonds. The number of carboxylic acids is 1. The Kier molecular flexibility index (Phi) is 3.42. The lowest BCUT2D eigenvalue weighted by Gasteiger charge is -2.25. The Morgan fingerprint density at radius 2 is 2.04 bits per heavy atom. The Morgan fingerprint density at radius 3 is 2.61 bits per heavy atom. The number of aromatic nitrogens is 2. The zero-order valence-corrected chi connectivity index (χ0v) is 12.6. The number of carbonyl (C=O) groups excluding carboxylic acids is 2. The number of amides is 2. The van der Waals surface area contributed by atoms with Gasteiger partial charge in [0.05, 0.1) is 12.4 Å². The number of nitrogens with two attached hydrogens (primary N) is 1. The van der Waals surface area contributed by atoms with Gasteiger partial charge in [0.15, 0.2) is 0 Å². The summed E-state index contributed by atoms with van der Waals surface area (Å²) in [7, 11) is 0. The molecule has 0 saturated carbocycles. The van der Waals surface area contributed by atoms with Crippen molar-refractivity contribution in [1.29, 1.82) is 0 Å². The topological polar surface area (TPSA) is 130 Å². The summed E-state index contributed by atoms with van der Waals surface area (Å²) in [5.74, 6) is -1.50. The van der Waals surface area contributed by atoms with Gasteiger partial charge < -0.3 is 20.6 Å². The molecule has 0 aliphatic carbocycles. The molecule has 2 aliphatic heterocycles. The third kappa shape index (κ3) is 2.37. The average Bonchev–Trinajstić information content (AvgIpc) is 3.02. The second-order valence-electron chi connectivity index (χ2n) is 6.07. The van der Waals surface area contributed by atoms with Crippen LogP contribution in [0.2, 0.25) is 0 Å². The molecule has 3 heterocycles. The number of hydrogen-bond donors (Lipinski definition) is 2. The van der Waals surface area contributed by atoms with Crippen LogP contribution in [0.3, 0.4) is 0 Å². The predicted octanol–water partition coefficient (Wildman–Crippen LogP) is -1.06. The zero-order chi connectivity index (χ0) is 16.8. The summed E-state index contributed by atoms with van der Waals surface area (Å²) >= 11 is 0. The van der Waals surface area contributed by atoms with E-state index in [0.717, 1.165) is 0 Å². The molecule has 0 unspecified atom stereocenters. The minimum absolute atomic E-state index is 0.0364. The molecular weight excluding hydrogens is 302 g/mol. The summed E-state index contributed by atoms with van der Waals surface area (Å²) in [4.78, 5) is 46.1. The number of carbonyl (C=O) groups is 3. The van der Waals surface area contributed by atoms with Crippen LogP contribution in [-0.4, -0.2) is 63.9 Å². The maximum atomic E-state index is 11.9. The van der Waals surface area contributed by atoms with Crippen LogP contribution in [0.1, 0.15) is 17.4 Å². The monoisotopic (exact) mass is 319 g/mol. The summed E-state index contributed by atoms with van der Waals surface area (Å²) in [6.07, 6.45) is 2.75. The number of hydrogen-bond acceptors (Lipinski definition) is 6. The molecule has 122 valence electrons. The summed E-state index contributed by atoms with van der Waals surface area (Å²) in [6, 6.07) is 0. The lowest BCUT2D eigenvalue weighted by atomic mass is 9.81. The van der Waals surface area contributed by atoms with Crippen LogP contribution in [0.25, 0.3) is 0 Å². The molecule has 0 bridgehead atoms. The molecule has 3 rings (SSSR count). The Balaban J connectivity index is 1.88. The third-order valence-corrected chi connectivity index (χ3v) is 4.68. The molecule has 0 radical (unpaired) electrons. The van der Waals surface area contributed by atoms with Gasteiger partial charge in [0.1, 0.15) is 16.9 Å². The maximum absolute atomic E-state index is 11.9. The minimum atomic E-state index is -1.02. The number of carboxylic acid groups (broad SMARTS) is 1. The highest BCUT2D eigenvalue weighted by atomic mass is 16.4. The van der Waals surface area contributed by atoms with Gasteiger partial charge in [-0.25, -0.2) is 4.98 Å². The number of fused-ring (bicyclic) bond motifs is 1. The van der Waals surface area contributed by atoms with Gasteiger partial charge in [-0.2, -0.15) is 0 Å². The fourth-order valence-electron chi connectivity index (χ4n) is 3.41. The average molecular weight is 319 g/mol. The van der Waals surface area contributed by atoms with E-state index >= 15 is 0 Å². The van der Waals surface area contributed by atoms with Crippen molar-refractivity contribution in [3.63, 3.8) is 0 Å². The number of rotatable bonds is 3. The van der Waals surface area contributed by atoms with Crippen LogP contribution in [-0.2, 0) is 9.59 Å². The van der Waals surface area contributed by atoms with Crippen molar-refractivity contribution in [2.24, 2.45) is 17.1 Å². The second kappa shape index (κ2) is 5.18. The predicted molar refractivity (Wildman–Crippen MR) is 78.6 cm³/mol. The van der Waals surface area contributed by atoms with Crippen LogP contribution in [0.4, 0.5) is 5.82 Å². The van der Waals surface area contributed by atoms with E-state index in [1.54, 1.807) is 9.80 Å². The van der Waals surface area contributed by atoms with Crippen molar-refractivity contribution in [3.8, 4) is 0 Å². The molecule has 2 atom stereocenters. The molecule has 0 spiro atoms. The van der Waals surface area contributed by atoms with E-state index in [1.165, 1.54) is 19.3 Å². The zero-order valence-electron chi connectivity index (χ0n) is 12.6. The molecule has 9 nitrogen and oxygen atoms in total. The van der Waals surface area contributed by atoms with E-state index in [9.17, 15) is 19.5 Å². The van der Waals surface area contributed by atoms with Crippen molar-refractivity contribution < 1.29 is 19.5 Å². The molecule has 3 N–H and O–H groups in total. The quantitative estimate of drug-likeness (QED) is 0.726. The van der Waals surface area contributed by atoms with Crippen molar-refractivity contribution in [1.82, 2.24) is 14.9 Å². The molecule has 9 heteroatoms. The lowest BCUT2D eigenvalue weighted by Crippen LogP contribution is -2.41. The first-order chi connectivity index (χ1) is 10.8. The molecule has 23 heavy (non-hydrogen) atoms. The largest absolute Gasteiger partial charge is 0.481 e. The normalized spacial score (nSPS) is 26.2. The fourth-order valence-corrected chi connectivity index (χ4v) is 3.41. The van der Waals surface area contributed by atoms with Crippen molar-refractivity contribution >= 4 is 23.6 Å². The first-order valence-electron chi connectivity index (χ1n) is 7.19. The Bertz CT molecular complexity index is 694. The maximum Gasteiger partial charge on any atom is 0.313 e. The Morgan fingerprint density at radius 1 is 1.30 bits per heavy atom. The van der Waals surface area contributed by atoms with E-state index in [0.29, 0.717) is 18.9 Å². The standard InChI is InChI=1S/C14H17N5O4/c1-8(20)18-4-9-5-19(7-14(9,6-18)13(22)23)11-3-16-2-10(17-11)12(15)21/h2-3,9H,4-7H2,1H3,(H2,15,21)(H,22,23)/t9-,14-/m0/s1. The minimum Gasteiger partial charge on any atom is -0.481 e. The first kappa shape index (κ1) is 15.2. The molecule has 1 aromatic heterocycles. The number of primary amides is 1. The second-order valence-corrected chi connectivity index (χ2v) is 6.07. The van der Waals surface area contributed by atoms with Crippen molar-refractivity contribution in [2.75, 3.05) is 31.1 Å². The van der Waals surface area contributed by atoms with Gasteiger partial charge >= 0.3 is 5.97 Å². The van der Waals surface area contributed by atoms with Crippen molar-refractivity contribution in [2.45, 2.75) is 6.92 Å². The highest BCUT2D eigenvalue weighted by Crippen LogP contribution is 2.43. The van der Waals surface area contributed by atoms with E-state index in [-0.39, 0.29) is 30.6 Å². The van der Waals surface area contributed by atoms with Gasteiger partial charge in [-0.1, -0.05) is 0 Å². The van der Waals surface area contributed by atoms with Crippen LogP contribution < -0.4 is 10.6 Å². The van der Waals surface area contributed by atoms with E-state index < -0.39 is 17.3 Å². The van der Waals surface area contributed by atoms with Crippen LogP contribution >= 0.6 is 0 Å². The molecule has 0 aromatic carbocycles. The van der Waals surface area contributed by atoms with Crippen LogP contribution in [0.5, 0.6) is 0 Å². The van der Waals surface area contributed by atoms with E-state index in [1.807, 2.05) is 0 Å². The van der Waals surface area contributed by atoms with Gasteiger partial charge in [-0.05, 0) is 0 Å².